The fourth-order valence-corrected chi connectivity index (χ4v) is 2.20. The number of hydrogen-bond donors (Lipinski definition) is 2. The number of hydrogen-bond acceptors (Lipinski definition) is 4. The maximum absolute atomic E-state index is 11.9. The molecular weight excluding hydrogens is 272 g/mol. The second-order valence-corrected chi connectivity index (χ2v) is 4.50. The zero-order valence-electron chi connectivity index (χ0n) is 10.0. The molecule has 2 heterocycles. The maximum Gasteiger partial charge on any atom is 0.407 e. The molecule has 1 aliphatic rings. The molecular formula is C11H13ClN4O3. The van der Waals surface area contributed by atoms with Gasteiger partial charge in [-0.25, -0.2) is 9.78 Å². The van der Waals surface area contributed by atoms with Crippen LogP contribution in [0.15, 0.2) is 12.4 Å². The van der Waals surface area contributed by atoms with Gasteiger partial charge in [-0.3, -0.25) is 14.7 Å². The molecule has 1 fully saturated rings. The number of carbonyl (C=O) groups is 2. The average Bonchev–Trinajstić information content (AvgIpc) is 2.87. The van der Waals surface area contributed by atoms with E-state index in [9.17, 15) is 9.59 Å². The molecule has 1 saturated heterocycles. The van der Waals surface area contributed by atoms with E-state index in [1.807, 2.05) is 0 Å². The fourth-order valence-electron chi connectivity index (χ4n) is 2.03. The maximum atomic E-state index is 11.9. The van der Waals surface area contributed by atoms with Gasteiger partial charge < -0.3 is 10.4 Å². The number of likely N-dealkylation sites (tertiary alicyclic amines) is 1. The average molecular weight is 285 g/mol. The molecule has 1 aromatic heterocycles. The largest absolute Gasteiger partial charge is 0.465 e. The summed E-state index contributed by atoms with van der Waals surface area (Å²) in [5, 5.41) is 11.8. The molecule has 102 valence electrons. The first-order valence-electron chi connectivity index (χ1n) is 5.82. The molecule has 19 heavy (non-hydrogen) atoms. The van der Waals surface area contributed by atoms with Crippen LogP contribution in [0.2, 0.25) is 5.15 Å². The molecule has 1 aliphatic heterocycles. The fraction of sp³-hybridized carbons (Fsp3) is 0.455. The normalized spacial score (nSPS) is 18.4. The van der Waals surface area contributed by atoms with E-state index >= 15 is 0 Å². The van der Waals surface area contributed by atoms with Crippen molar-refractivity contribution < 1.29 is 14.7 Å². The minimum Gasteiger partial charge on any atom is -0.465 e. The summed E-state index contributed by atoms with van der Waals surface area (Å²) in [7, 11) is 0. The van der Waals surface area contributed by atoms with Gasteiger partial charge in [-0.2, -0.15) is 0 Å². The van der Waals surface area contributed by atoms with Crippen molar-refractivity contribution in [1.82, 2.24) is 20.2 Å². The van der Waals surface area contributed by atoms with Crippen molar-refractivity contribution in [2.45, 2.75) is 25.4 Å². The van der Waals surface area contributed by atoms with Gasteiger partial charge in [0.2, 0.25) is 5.91 Å². The smallest absolute Gasteiger partial charge is 0.407 e. The van der Waals surface area contributed by atoms with Crippen LogP contribution in [0.1, 0.15) is 18.5 Å². The lowest BCUT2D eigenvalue weighted by molar-refractivity contribution is -0.125. The quantitative estimate of drug-likeness (QED) is 0.859. The van der Waals surface area contributed by atoms with E-state index in [0.717, 1.165) is 4.90 Å². The minimum absolute atomic E-state index is 0.134. The number of nitrogens with zero attached hydrogens (tertiary/aromatic N) is 3. The lowest BCUT2D eigenvalue weighted by Crippen LogP contribution is -2.45. The third-order valence-electron chi connectivity index (χ3n) is 2.95. The van der Waals surface area contributed by atoms with Gasteiger partial charge in [0.25, 0.3) is 0 Å². The minimum atomic E-state index is -1.07. The molecule has 1 unspecified atom stereocenters. The van der Waals surface area contributed by atoms with Crippen molar-refractivity contribution in [3.8, 4) is 0 Å². The molecule has 0 bridgehead atoms. The Morgan fingerprint density at radius 3 is 2.89 bits per heavy atom. The summed E-state index contributed by atoms with van der Waals surface area (Å²) in [5.41, 5.74) is 0.456. The van der Waals surface area contributed by atoms with E-state index in [4.69, 9.17) is 16.7 Å². The second kappa shape index (κ2) is 5.83. The van der Waals surface area contributed by atoms with Crippen molar-refractivity contribution in [2.75, 3.05) is 6.54 Å². The van der Waals surface area contributed by atoms with Crippen molar-refractivity contribution in [3.63, 3.8) is 0 Å². The van der Waals surface area contributed by atoms with Gasteiger partial charge in [0, 0.05) is 18.9 Å². The van der Waals surface area contributed by atoms with Crippen molar-refractivity contribution in [3.05, 3.63) is 23.2 Å². The summed E-state index contributed by atoms with van der Waals surface area (Å²) < 4.78 is 0. The first kappa shape index (κ1) is 13.5. The SMILES string of the molecule is O=C(NCc1nccnc1Cl)C1CCCN1C(=O)O. The van der Waals surface area contributed by atoms with Crippen LogP contribution in [0, 0.1) is 0 Å². The number of amides is 2. The molecule has 1 atom stereocenters. The number of carbonyl (C=O) groups excluding carboxylic acids is 1. The Morgan fingerprint density at radius 1 is 1.47 bits per heavy atom. The molecule has 7 nitrogen and oxygen atoms in total. The van der Waals surface area contributed by atoms with Gasteiger partial charge in [-0.05, 0) is 12.8 Å². The van der Waals surface area contributed by atoms with Crippen LogP contribution in [0.3, 0.4) is 0 Å². The summed E-state index contributed by atoms with van der Waals surface area (Å²) in [4.78, 5) is 31.9. The number of halogens is 1. The molecule has 0 saturated carbocycles. The van der Waals surface area contributed by atoms with Crippen molar-refractivity contribution >= 4 is 23.6 Å². The Balaban J connectivity index is 1.95. The van der Waals surface area contributed by atoms with Gasteiger partial charge in [0.15, 0.2) is 5.15 Å². The number of carboxylic acid groups (broad SMARTS) is 1. The van der Waals surface area contributed by atoms with Crippen LogP contribution in [0.25, 0.3) is 0 Å². The topological polar surface area (TPSA) is 95.4 Å². The van der Waals surface area contributed by atoms with Crippen molar-refractivity contribution in [1.29, 1.82) is 0 Å². The molecule has 8 heteroatoms. The van der Waals surface area contributed by atoms with E-state index in [2.05, 4.69) is 15.3 Å². The summed E-state index contributed by atoms with van der Waals surface area (Å²) in [6, 6.07) is -0.632. The first-order valence-corrected chi connectivity index (χ1v) is 6.20. The van der Waals surface area contributed by atoms with E-state index in [-0.39, 0.29) is 17.6 Å². The highest BCUT2D eigenvalue weighted by Gasteiger charge is 2.33. The highest BCUT2D eigenvalue weighted by atomic mass is 35.5. The van der Waals surface area contributed by atoms with Gasteiger partial charge >= 0.3 is 6.09 Å². The highest BCUT2D eigenvalue weighted by molar-refractivity contribution is 6.29. The zero-order chi connectivity index (χ0) is 13.8. The summed E-state index contributed by atoms with van der Waals surface area (Å²) >= 11 is 5.82. The Labute approximate surface area is 114 Å². The third kappa shape index (κ3) is 3.11. The number of aromatic nitrogens is 2. The summed E-state index contributed by atoms with van der Waals surface area (Å²) in [6.07, 6.45) is 3.08. The molecule has 2 N–H and O–H groups in total. The lowest BCUT2D eigenvalue weighted by atomic mass is 10.2. The van der Waals surface area contributed by atoms with Gasteiger partial charge in [0.1, 0.15) is 6.04 Å². The van der Waals surface area contributed by atoms with Crippen LogP contribution in [-0.4, -0.2) is 44.6 Å². The number of rotatable bonds is 3. The monoisotopic (exact) mass is 284 g/mol. The standard InChI is InChI=1S/C11H13ClN4O3/c12-9-7(13-3-4-14-9)6-15-10(17)8-2-1-5-16(8)11(18)19/h3-4,8H,1-2,5-6H2,(H,15,17)(H,18,19). The summed E-state index contributed by atoms with van der Waals surface area (Å²) in [5.74, 6) is -0.332. The second-order valence-electron chi connectivity index (χ2n) is 4.15. The molecule has 2 rings (SSSR count). The van der Waals surface area contributed by atoms with E-state index in [1.54, 1.807) is 0 Å². The van der Waals surface area contributed by atoms with Gasteiger partial charge in [-0.1, -0.05) is 11.6 Å². The van der Waals surface area contributed by atoms with E-state index in [0.29, 0.717) is 25.1 Å². The Bertz CT molecular complexity index is 497. The van der Waals surface area contributed by atoms with Crippen LogP contribution < -0.4 is 5.32 Å². The Hall–Kier alpha value is -1.89. The third-order valence-corrected chi connectivity index (χ3v) is 3.27. The Kier molecular flexibility index (Phi) is 4.16. The molecule has 0 radical (unpaired) electrons. The van der Waals surface area contributed by atoms with E-state index < -0.39 is 12.1 Å². The summed E-state index contributed by atoms with van der Waals surface area (Å²) in [6.45, 7) is 0.523. The van der Waals surface area contributed by atoms with Crippen LogP contribution >= 0.6 is 11.6 Å². The van der Waals surface area contributed by atoms with Gasteiger partial charge in [0.05, 0.1) is 12.2 Å². The van der Waals surface area contributed by atoms with Crippen LogP contribution in [-0.2, 0) is 11.3 Å². The highest BCUT2D eigenvalue weighted by Crippen LogP contribution is 2.17. The van der Waals surface area contributed by atoms with Crippen LogP contribution in [0.5, 0.6) is 0 Å². The first-order chi connectivity index (χ1) is 9.09. The number of nitrogens with one attached hydrogen (secondary N) is 1. The molecule has 0 aliphatic carbocycles. The van der Waals surface area contributed by atoms with Crippen LogP contribution in [0.4, 0.5) is 4.79 Å². The predicted octanol–water partition coefficient (Wildman–Crippen LogP) is 0.889. The predicted molar refractivity (Wildman–Crippen MR) is 66.6 cm³/mol. The molecule has 1 aromatic rings. The molecule has 0 aromatic carbocycles. The van der Waals surface area contributed by atoms with Gasteiger partial charge in [-0.15, -0.1) is 0 Å². The molecule has 0 spiro atoms. The lowest BCUT2D eigenvalue weighted by Gasteiger charge is -2.20. The zero-order valence-corrected chi connectivity index (χ0v) is 10.8. The molecule has 2 amide bonds. The Morgan fingerprint density at radius 2 is 2.21 bits per heavy atom. The van der Waals surface area contributed by atoms with Crippen molar-refractivity contribution in [2.24, 2.45) is 0 Å². The van der Waals surface area contributed by atoms with E-state index in [1.165, 1.54) is 12.4 Å².